The highest BCUT2D eigenvalue weighted by molar-refractivity contribution is 6.30. The molecule has 0 atom stereocenters. The van der Waals surface area contributed by atoms with E-state index in [9.17, 15) is 4.79 Å². The summed E-state index contributed by atoms with van der Waals surface area (Å²) in [5.41, 5.74) is 1.03. The van der Waals surface area contributed by atoms with Gasteiger partial charge in [-0.15, -0.1) is 0 Å². The molecular weight excluding hydrogens is 278 g/mol. The zero-order valence-corrected chi connectivity index (χ0v) is 11.9. The average molecular weight is 294 g/mol. The number of carbonyl (C=O) groups is 1. The molecule has 0 aromatic heterocycles. The number of nitrogens with one attached hydrogen (secondary N) is 2. The second-order valence-electron chi connectivity index (χ2n) is 3.93. The number of halogens is 1. The maximum absolute atomic E-state index is 11.6. The van der Waals surface area contributed by atoms with Crippen LogP contribution in [0.1, 0.15) is 5.56 Å². The number of amides is 1. The van der Waals surface area contributed by atoms with Crippen molar-refractivity contribution >= 4 is 17.5 Å². The van der Waals surface area contributed by atoms with Gasteiger partial charge >= 0.3 is 0 Å². The Bertz CT molecular complexity index is 506. The first-order chi connectivity index (χ1) is 9.67. The highest BCUT2D eigenvalue weighted by atomic mass is 35.5. The van der Waals surface area contributed by atoms with Crippen LogP contribution in [-0.4, -0.2) is 26.2 Å². The quantitative estimate of drug-likeness (QED) is 0.455. The highest BCUT2D eigenvalue weighted by Crippen LogP contribution is 2.09. The van der Waals surface area contributed by atoms with Crippen LogP contribution in [-0.2, 0) is 16.1 Å². The number of ether oxygens (including phenoxy) is 1. The lowest BCUT2D eigenvalue weighted by Crippen LogP contribution is -2.28. The number of nitriles is 1. The van der Waals surface area contributed by atoms with Gasteiger partial charge in [0, 0.05) is 31.4 Å². The van der Waals surface area contributed by atoms with Crippen LogP contribution in [0.25, 0.3) is 0 Å². The summed E-state index contributed by atoms with van der Waals surface area (Å²) < 4.78 is 4.81. The molecule has 0 fully saturated rings. The molecule has 0 bridgehead atoms. The van der Waals surface area contributed by atoms with E-state index in [1.54, 1.807) is 19.2 Å². The fraction of sp³-hybridized carbons (Fsp3) is 0.286. The van der Waals surface area contributed by atoms with Gasteiger partial charge in [-0.05, 0) is 17.7 Å². The van der Waals surface area contributed by atoms with E-state index in [0.29, 0.717) is 24.7 Å². The molecule has 0 unspecified atom stereocenters. The van der Waals surface area contributed by atoms with Crippen molar-refractivity contribution in [3.8, 4) is 6.07 Å². The first kappa shape index (κ1) is 16.0. The Kier molecular flexibility index (Phi) is 7.18. The molecule has 1 aromatic rings. The second-order valence-corrected chi connectivity index (χ2v) is 4.36. The zero-order chi connectivity index (χ0) is 14.8. The van der Waals surface area contributed by atoms with E-state index >= 15 is 0 Å². The van der Waals surface area contributed by atoms with E-state index in [1.807, 2.05) is 18.2 Å². The van der Waals surface area contributed by atoms with E-state index in [2.05, 4.69) is 10.6 Å². The molecule has 0 heterocycles. The van der Waals surface area contributed by atoms with Crippen LogP contribution >= 0.6 is 11.6 Å². The van der Waals surface area contributed by atoms with Gasteiger partial charge in [0.05, 0.1) is 6.61 Å². The average Bonchev–Trinajstić information content (AvgIpc) is 2.45. The monoisotopic (exact) mass is 293 g/mol. The zero-order valence-electron chi connectivity index (χ0n) is 11.1. The maximum atomic E-state index is 11.6. The molecule has 1 aromatic carbocycles. The van der Waals surface area contributed by atoms with Crippen molar-refractivity contribution in [2.75, 3.05) is 20.3 Å². The Morgan fingerprint density at radius 2 is 2.15 bits per heavy atom. The summed E-state index contributed by atoms with van der Waals surface area (Å²) in [6, 6.07) is 9.15. The van der Waals surface area contributed by atoms with E-state index in [0.717, 1.165) is 5.56 Å². The van der Waals surface area contributed by atoms with Crippen LogP contribution < -0.4 is 10.6 Å². The van der Waals surface area contributed by atoms with Gasteiger partial charge in [-0.3, -0.25) is 4.79 Å². The molecule has 2 N–H and O–H groups in total. The molecular formula is C14H16ClN3O2. The molecule has 6 heteroatoms. The van der Waals surface area contributed by atoms with Crippen molar-refractivity contribution in [3.05, 3.63) is 46.6 Å². The molecule has 0 saturated carbocycles. The third kappa shape index (κ3) is 5.74. The van der Waals surface area contributed by atoms with Crippen LogP contribution in [0.3, 0.4) is 0 Å². The van der Waals surface area contributed by atoms with Crippen LogP contribution in [0, 0.1) is 11.3 Å². The summed E-state index contributed by atoms with van der Waals surface area (Å²) in [7, 11) is 1.54. The van der Waals surface area contributed by atoms with Crippen molar-refractivity contribution in [3.63, 3.8) is 0 Å². The largest absolute Gasteiger partial charge is 0.386 e. The lowest BCUT2D eigenvalue weighted by molar-refractivity contribution is -0.117. The Hall–Kier alpha value is -2.03. The third-order valence-corrected chi connectivity index (χ3v) is 2.67. The van der Waals surface area contributed by atoms with Crippen LogP contribution in [0.2, 0.25) is 5.02 Å². The molecule has 0 saturated heterocycles. The van der Waals surface area contributed by atoms with Crippen LogP contribution in [0.5, 0.6) is 0 Å². The molecule has 0 aliphatic rings. The van der Waals surface area contributed by atoms with Gasteiger partial charge in [-0.2, -0.15) is 5.26 Å². The fourth-order valence-electron chi connectivity index (χ4n) is 1.38. The summed E-state index contributed by atoms with van der Waals surface area (Å²) in [6.07, 6.45) is 1.40. The summed E-state index contributed by atoms with van der Waals surface area (Å²) >= 11 is 5.78. The lowest BCUT2D eigenvalue weighted by Gasteiger charge is -2.05. The minimum Gasteiger partial charge on any atom is -0.386 e. The van der Waals surface area contributed by atoms with Gasteiger partial charge in [0.15, 0.2) is 0 Å². The smallest absolute Gasteiger partial charge is 0.263 e. The van der Waals surface area contributed by atoms with Gasteiger partial charge in [-0.25, -0.2) is 0 Å². The number of hydrogen-bond acceptors (Lipinski definition) is 4. The molecule has 0 aliphatic carbocycles. The van der Waals surface area contributed by atoms with Gasteiger partial charge in [0.1, 0.15) is 11.6 Å². The Balaban J connectivity index is 2.47. The number of carbonyl (C=O) groups excluding carboxylic acids is 1. The first-order valence-electron chi connectivity index (χ1n) is 6.02. The minimum absolute atomic E-state index is 0.0232. The molecule has 106 valence electrons. The van der Waals surface area contributed by atoms with Gasteiger partial charge in [0.25, 0.3) is 5.91 Å². The summed E-state index contributed by atoms with van der Waals surface area (Å²) in [5.74, 6) is -0.423. The number of methoxy groups -OCH3 is 1. The number of hydrogen-bond donors (Lipinski definition) is 2. The predicted octanol–water partition coefficient (Wildman–Crippen LogP) is 1.60. The Morgan fingerprint density at radius 3 is 2.75 bits per heavy atom. The molecule has 0 aliphatic heterocycles. The summed E-state index contributed by atoms with van der Waals surface area (Å²) in [4.78, 5) is 11.6. The summed E-state index contributed by atoms with van der Waals surface area (Å²) in [6.45, 7) is 1.28. The lowest BCUT2D eigenvalue weighted by atomic mass is 10.2. The molecule has 5 nitrogen and oxygen atoms in total. The van der Waals surface area contributed by atoms with Gasteiger partial charge < -0.3 is 15.4 Å². The molecule has 20 heavy (non-hydrogen) atoms. The standard InChI is InChI=1S/C14H16ClN3O2/c1-20-7-6-18-14(19)12(8-16)10-17-9-11-2-4-13(15)5-3-11/h2-5,10,17H,6-7,9H2,1H3,(H,18,19)/b12-10-. The Morgan fingerprint density at radius 1 is 1.45 bits per heavy atom. The molecule has 0 radical (unpaired) electrons. The molecule has 1 amide bonds. The second kappa shape index (κ2) is 8.97. The Labute approximate surface area is 123 Å². The summed E-state index contributed by atoms with van der Waals surface area (Å²) in [5, 5.41) is 15.1. The van der Waals surface area contributed by atoms with Crippen molar-refractivity contribution in [1.82, 2.24) is 10.6 Å². The van der Waals surface area contributed by atoms with E-state index in [-0.39, 0.29) is 5.57 Å². The SMILES string of the molecule is COCCNC(=O)/C(C#N)=C\NCc1ccc(Cl)cc1. The van der Waals surface area contributed by atoms with Crippen molar-refractivity contribution in [1.29, 1.82) is 5.26 Å². The number of benzene rings is 1. The first-order valence-corrected chi connectivity index (χ1v) is 6.40. The fourth-order valence-corrected chi connectivity index (χ4v) is 1.51. The van der Waals surface area contributed by atoms with Gasteiger partial charge in [0.2, 0.25) is 0 Å². The number of rotatable bonds is 7. The minimum atomic E-state index is -0.423. The maximum Gasteiger partial charge on any atom is 0.263 e. The van der Waals surface area contributed by atoms with Crippen molar-refractivity contribution in [2.24, 2.45) is 0 Å². The normalized spacial score (nSPS) is 10.8. The van der Waals surface area contributed by atoms with Crippen molar-refractivity contribution < 1.29 is 9.53 Å². The topological polar surface area (TPSA) is 74.1 Å². The van der Waals surface area contributed by atoms with E-state index in [4.69, 9.17) is 21.6 Å². The van der Waals surface area contributed by atoms with E-state index in [1.165, 1.54) is 6.20 Å². The van der Waals surface area contributed by atoms with Crippen LogP contribution in [0.4, 0.5) is 0 Å². The molecule has 1 rings (SSSR count). The van der Waals surface area contributed by atoms with Crippen molar-refractivity contribution in [2.45, 2.75) is 6.54 Å². The van der Waals surface area contributed by atoms with Gasteiger partial charge in [-0.1, -0.05) is 23.7 Å². The van der Waals surface area contributed by atoms with Crippen LogP contribution in [0.15, 0.2) is 36.0 Å². The molecule has 0 spiro atoms. The highest BCUT2D eigenvalue weighted by Gasteiger charge is 2.07. The number of nitrogens with zero attached hydrogens (tertiary/aromatic N) is 1. The third-order valence-electron chi connectivity index (χ3n) is 2.42. The van der Waals surface area contributed by atoms with E-state index < -0.39 is 5.91 Å². The predicted molar refractivity (Wildman–Crippen MR) is 76.9 cm³/mol.